The number of nitrogens with two attached hydrogens (primary N) is 1. The second-order valence-electron chi connectivity index (χ2n) is 7.28. The van der Waals surface area contributed by atoms with E-state index in [1.165, 1.54) is 13.0 Å². The van der Waals surface area contributed by atoms with Gasteiger partial charge in [0.1, 0.15) is 15.7 Å². The van der Waals surface area contributed by atoms with E-state index >= 15 is 0 Å². The van der Waals surface area contributed by atoms with Crippen LogP contribution in [0.3, 0.4) is 0 Å². The summed E-state index contributed by atoms with van der Waals surface area (Å²) in [5.74, 6) is -1.62. The molecule has 1 fully saturated rings. The number of hydrogen-bond donors (Lipinski definition) is 3. The molecular weight excluding hydrogens is 462 g/mol. The molecule has 0 saturated carbocycles. The summed E-state index contributed by atoms with van der Waals surface area (Å²) in [6.07, 6.45) is -3.85. The van der Waals surface area contributed by atoms with E-state index in [4.69, 9.17) is 5.73 Å². The Kier molecular flexibility index (Phi) is 6.17. The summed E-state index contributed by atoms with van der Waals surface area (Å²) in [5.41, 5.74) is 4.56. The zero-order chi connectivity index (χ0) is 23.8. The highest BCUT2D eigenvalue weighted by molar-refractivity contribution is 7.17. The predicted octanol–water partition coefficient (Wildman–Crippen LogP) is 3.31. The highest BCUT2D eigenvalue weighted by Gasteiger charge is 2.37. The number of piperazine rings is 1. The summed E-state index contributed by atoms with van der Waals surface area (Å²) in [6.45, 7) is 4.33. The number of nitrogens with one attached hydrogen (secondary N) is 2. The van der Waals surface area contributed by atoms with E-state index < -0.39 is 29.5 Å². The minimum Gasteiger partial charge on any atom is -0.368 e. The monoisotopic (exact) mass is 481 g/mol. The predicted molar refractivity (Wildman–Crippen MR) is 117 cm³/mol. The quantitative estimate of drug-likeness (QED) is 0.491. The third kappa shape index (κ3) is 4.88. The van der Waals surface area contributed by atoms with Gasteiger partial charge >= 0.3 is 6.18 Å². The lowest BCUT2D eigenvalue weighted by atomic mass is 10.2. The van der Waals surface area contributed by atoms with E-state index in [0.29, 0.717) is 18.8 Å². The number of hydrogen-bond acceptors (Lipinski definition) is 8. The molecule has 8 nitrogen and oxygen atoms in total. The molecule has 1 aliphatic heterocycles. The topological polar surface area (TPSA) is 109 Å². The second kappa shape index (κ2) is 8.90. The Morgan fingerprint density at radius 1 is 1.24 bits per heavy atom. The highest BCUT2D eigenvalue weighted by atomic mass is 32.1. The number of alkyl halides is 3. The van der Waals surface area contributed by atoms with Crippen LogP contribution in [0.4, 0.5) is 34.9 Å². The minimum atomic E-state index is -4.78. The SMILES string of the molecule is Cc1nc(-c2cnc(N)nc2C(F)(F)F)sc1C(=O)Nc1ccc(N2CCNCC2)c(F)c1. The number of nitrogen functional groups attached to an aromatic ring is 1. The number of carbonyl (C=O) groups excluding carboxylic acids is 1. The molecule has 1 aromatic carbocycles. The zero-order valence-electron chi connectivity index (χ0n) is 17.3. The number of halogens is 4. The van der Waals surface area contributed by atoms with Crippen LogP contribution < -0.4 is 21.3 Å². The molecule has 1 aliphatic rings. The van der Waals surface area contributed by atoms with E-state index in [-0.39, 0.29) is 26.8 Å². The average molecular weight is 481 g/mol. The highest BCUT2D eigenvalue weighted by Crippen LogP contribution is 2.38. The molecule has 0 aliphatic carbocycles. The van der Waals surface area contributed by atoms with E-state index in [2.05, 4.69) is 25.6 Å². The number of anilines is 3. The molecule has 4 N–H and O–H groups in total. The van der Waals surface area contributed by atoms with Gasteiger partial charge in [0, 0.05) is 38.1 Å². The van der Waals surface area contributed by atoms with Gasteiger partial charge in [-0.1, -0.05) is 0 Å². The van der Waals surface area contributed by atoms with Crippen molar-refractivity contribution in [2.45, 2.75) is 13.1 Å². The van der Waals surface area contributed by atoms with Crippen LogP contribution in [0.25, 0.3) is 10.6 Å². The fourth-order valence-corrected chi connectivity index (χ4v) is 4.40. The summed E-state index contributed by atoms with van der Waals surface area (Å²) in [7, 11) is 0. The fourth-order valence-electron chi connectivity index (χ4n) is 3.43. The molecule has 4 rings (SSSR count). The van der Waals surface area contributed by atoms with Crippen LogP contribution in [-0.2, 0) is 6.18 Å². The Bertz CT molecular complexity index is 1190. The van der Waals surface area contributed by atoms with Gasteiger partial charge < -0.3 is 21.3 Å². The number of carbonyl (C=O) groups is 1. The fraction of sp³-hybridized carbons (Fsp3) is 0.300. The summed E-state index contributed by atoms with van der Waals surface area (Å²) >= 11 is 0.753. The summed E-state index contributed by atoms with van der Waals surface area (Å²) in [5, 5.41) is 5.69. The van der Waals surface area contributed by atoms with Crippen molar-refractivity contribution in [2.75, 3.05) is 42.1 Å². The van der Waals surface area contributed by atoms with Crippen LogP contribution in [0.5, 0.6) is 0 Å². The molecule has 33 heavy (non-hydrogen) atoms. The van der Waals surface area contributed by atoms with Crippen LogP contribution >= 0.6 is 11.3 Å². The Balaban J connectivity index is 1.57. The largest absolute Gasteiger partial charge is 0.434 e. The van der Waals surface area contributed by atoms with Gasteiger partial charge in [0.15, 0.2) is 5.69 Å². The van der Waals surface area contributed by atoms with Gasteiger partial charge in [0.25, 0.3) is 5.91 Å². The molecule has 0 bridgehead atoms. The first-order chi connectivity index (χ1) is 15.6. The second-order valence-corrected chi connectivity index (χ2v) is 8.28. The zero-order valence-corrected chi connectivity index (χ0v) is 18.1. The first kappa shape index (κ1) is 22.9. The maximum absolute atomic E-state index is 14.6. The number of amides is 1. The number of aryl methyl sites for hydroxylation is 1. The Morgan fingerprint density at radius 2 is 1.97 bits per heavy atom. The van der Waals surface area contributed by atoms with Gasteiger partial charge in [0.2, 0.25) is 5.95 Å². The van der Waals surface area contributed by atoms with Gasteiger partial charge in [-0.05, 0) is 25.1 Å². The maximum Gasteiger partial charge on any atom is 0.434 e. The van der Waals surface area contributed by atoms with Crippen molar-refractivity contribution in [2.24, 2.45) is 0 Å². The number of thiazole rings is 1. The number of nitrogens with zero attached hydrogens (tertiary/aromatic N) is 4. The first-order valence-corrected chi connectivity index (χ1v) is 10.7. The summed E-state index contributed by atoms with van der Waals surface area (Å²) in [6, 6.07) is 4.37. The minimum absolute atomic E-state index is 0.0785. The molecular formula is C20H19F4N7OS. The van der Waals surface area contributed by atoms with Crippen molar-refractivity contribution in [1.82, 2.24) is 20.3 Å². The molecule has 1 saturated heterocycles. The lowest BCUT2D eigenvalue weighted by molar-refractivity contribution is -0.140. The molecule has 3 heterocycles. The third-order valence-corrected chi connectivity index (χ3v) is 6.16. The van der Waals surface area contributed by atoms with Gasteiger partial charge in [-0.25, -0.2) is 19.3 Å². The lowest BCUT2D eigenvalue weighted by Crippen LogP contribution is -2.43. The molecule has 0 spiro atoms. The van der Waals surface area contributed by atoms with Crippen LogP contribution in [-0.4, -0.2) is 47.0 Å². The average Bonchev–Trinajstić information content (AvgIpc) is 3.15. The van der Waals surface area contributed by atoms with Crippen molar-refractivity contribution >= 4 is 34.6 Å². The first-order valence-electron chi connectivity index (χ1n) is 9.87. The molecule has 1 amide bonds. The van der Waals surface area contributed by atoms with Crippen molar-refractivity contribution in [3.8, 4) is 10.6 Å². The number of benzene rings is 1. The molecule has 0 atom stereocenters. The molecule has 2 aromatic heterocycles. The number of aromatic nitrogens is 3. The maximum atomic E-state index is 14.6. The Hall–Kier alpha value is -3.32. The Morgan fingerprint density at radius 3 is 2.64 bits per heavy atom. The van der Waals surface area contributed by atoms with E-state index in [0.717, 1.165) is 30.6 Å². The van der Waals surface area contributed by atoms with Crippen molar-refractivity contribution in [3.05, 3.63) is 46.5 Å². The van der Waals surface area contributed by atoms with Crippen LogP contribution in [0.2, 0.25) is 0 Å². The van der Waals surface area contributed by atoms with Crippen molar-refractivity contribution in [3.63, 3.8) is 0 Å². The third-order valence-electron chi connectivity index (χ3n) is 4.97. The van der Waals surface area contributed by atoms with E-state index in [1.54, 1.807) is 12.1 Å². The van der Waals surface area contributed by atoms with Gasteiger partial charge in [-0.3, -0.25) is 4.79 Å². The van der Waals surface area contributed by atoms with Crippen molar-refractivity contribution in [1.29, 1.82) is 0 Å². The van der Waals surface area contributed by atoms with E-state index in [1.807, 2.05) is 4.90 Å². The van der Waals surface area contributed by atoms with E-state index in [9.17, 15) is 22.4 Å². The lowest BCUT2D eigenvalue weighted by Gasteiger charge is -2.29. The van der Waals surface area contributed by atoms with Crippen LogP contribution in [0.15, 0.2) is 24.4 Å². The smallest absolute Gasteiger partial charge is 0.368 e. The normalized spacial score (nSPS) is 14.4. The molecule has 174 valence electrons. The number of rotatable bonds is 4. The van der Waals surface area contributed by atoms with Gasteiger partial charge in [-0.15, -0.1) is 11.3 Å². The van der Waals surface area contributed by atoms with Crippen LogP contribution in [0.1, 0.15) is 21.1 Å². The van der Waals surface area contributed by atoms with Gasteiger partial charge in [-0.2, -0.15) is 13.2 Å². The molecule has 13 heteroatoms. The summed E-state index contributed by atoms with van der Waals surface area (Å²) in [4.78, 5) is 25.7. The molecule has 0 unspecified atom stereocenters. The summed E-state index contributed by atoms with van der Waals surface area (Å²) < 4.78 is 54.8. The van der Waals surface area contributed by atoms with Crippen LogP contribution in [0, 0.1) is 12.7 Å². The Labute approximate surface area is 189 Å². The molecule has 0 radical (unpaired) electrons. The molecule has 3 aromatic rings. The standard InChI is InChI=1S/C20H19F4N7OS/c1-10-15(33-18(28-10)12-9-27-19(25)30-16(12)20(22,23)24)17(32)29-11-2-3-14(13(21)8-11)31-6-4-26-5-7-31/h2-3,8-9,26H,4-7H2,1H3,(H,29,32)(H2,25,27,30). The van der Waals surface area contributed by atoms with Gasteiger partial charge in [0.05, 0.1) is 16.9 Å². The van der Waals surface area contributed by atoms with Crippen molar-refractivity contribution < 1.29 is 22.4 Å².